The molecule has 2 aromatic carbocycles. The maximum atomic E-state index is 12.8. The van der Waals surface area contributed by atoms with Gasteiger partial charge in [-0.3, -0.25) is 9.69 Å². The summed E-state index contributed by atoms with van der Waals surface area (Å²) in [6.45, 7) is 4.46. The summed E-state index contributed by atoms with van der Waals surface area (Å²) >= 11 is 0. The Hall–Kier alpha value is -2.59. The van der Waals surface area contributed by atoms with Crippen LogP contribution in [0, 0.1) is 0 Å². The van der Waals surface area contributed by atoms with Crippen LogP contribution in [-0.2, 0) is 11.3 Å². The van der Waals surface area contributed by atoms with Gasteiger partial charge in [0.2, 0.25) is 5.91 Å². The lowest BCUT2D eigenvalue weighted by molar-refractivity contribution is -0.126. The summed E-state index contributed by atoms with van der Waals surface area (Å²) in [5.74, 6) is 0.660. The van der Waals surface area contributed by atoms with E-state index in [0.29, 0.717) is 6.54 Å². The first-order valence-corrected chi connectivity index (χ1v) is 8.31. The zero-order chi connectivity index (χ0) is 18.2. The zero-order valence-electron chi connectivity index (χ0n) is 15.1. The van der Waals surface area contributed by atoms with Gasteiger partial charge < -0.3 is 10.1 Å². The molecule has 1 N–H and O–H groups in total. The fraction of sp³-hybridized carbons (Fsp3) is 0.286. The van der Waals surface area contributed by atoms with Gasteiger partial charge in [-0.1, -0.05) is 48.5 Å². The molecule has 0 heterocycles. The molecule has 2 aromatic rings. The van der Waals surface area contributed by atoms with Gasteiger partial charge in [0.15, 0.2) is 0 Å². The van der Waals surface area contributed by atoms with Gasteiger partial charge in [0.05, 0.1) is 13.2 Å². The number of amides is 1. The van der Waals surface area contributed by atoms with Crippen molar-refractivity contribution in [1.82, 2.24) is 10.2 Å². The monoisotopic (exact) mass is 338 g/mol. The molecule has 25 heavy (non-hydrogen) atoms. The minimum atomic E-state index is -0.338. The molecule has 132 valence electrons. The van der Waals surface area contributed by atoms with Crippen molar-refractivity contribution in [2.45, 2.75) is 18.5 Å². The first kappa shape index (κ1) is 18.7. The van der Waals surface area contributed by atoms with E-state index in [1.54, 1.807) is 7.11 Å². The molecule has 0 unspecified atom stereocenters. The number of methoxy groups -OCH3 is 1. The largest absolute Gasteiger partial charge is 0.497 e. The quantitative estimate of drug-likeness (QED) is 0.752. The highest BCUT2D eigenvalue weighted by Crippen LogP contribution is 2.26. The highest BCUT2D eigenvalue weighted by Gasteiger charge is 2.29. The average molecular weight is 338 g/mol. The summed E-state index contributed by atoms with van der Waals surface area (Å²) in [7, 11) is 5.46. The molecule has 2 rings (SSSR count). The highest BCUT2D eigenvalue weighted by molar-refractivity contribution is 5.83. The van der Waals surface area contributed by atoms with Gasteiger partial charge in [-0.15, -0.1) is 6.58 Å². The van der Waals surface area contributed by atoms with Crippen LogP contribution < -0.4 is 10.1 Å². The van der Waals surface area contributed by atoms with Gasteiger partial charge in [-0.05, 0) is 37.4 Å². The molecule has 4 nitrogen and oxygen atoms in total. The molecule has 0 saturated heterocycles. The topological polar surface area (TPSA) is 41.6 Å². The Labute approximate surface area is 150 Å². The summed E-state index contributed by atoms with van der Waals surface area (Å²) < 4.78 is 5.21. The van der Waals surface area contributed by atoms with E-state index in [-0.39, 0.29) is 17.9 Å². The number of likely N-dealkylation sites (N-methyl/N-ethyl adjacent to an activating group) is 1. The fourth-order valence-corrected chi connectivity index (χ4v) is 2.88. The molecule has 0 radical (unpaired) electrons. The minimum absolute atomic E-state index is 0.0189. The summed E-state index contributed by atoms with van der Waals surface area (Å²) in [5.41, 5.74) is 2.11. The van der Waals surface area contributed by atoms with Crippen LogP contribution in [0.25, 0.3) is 0 Å². The molecule has 0 aliphatic heterocycles. The summed E-state index contributed by atoms with van der Waals surface area (Å²) in [4.78, 5) is 14.8. The Morgan fingerprint density at radius 3 is 2.32 bits per heavy atom. The molecule has 4 heteroatoms. The predicted molar refractivity (Wildman–Crippen MR) is 102 cm³/mol. The molecule has 0 aromatic heterocycles. The summed E-state index contributed by atoms with van der Waals surface area (Å²) in [5, 5.41) is 3.03. The van der Waals surface area contributed by atoms with Crippen molar-refractivity contribution in [3.63, 3.8) is 0 Å². The van der Waals surface area contributed by atoms with E-state index in [0.717, 1.165) is 16.9 Å². The van der Waals surface area contributed by atoms with Gasteiger partial charge in [-0.2, -0.15) is 0 Å². The lowest BCUT2D eigenvalue weighted by atomic mass is 9.90. The van der Waals surface area contributed by atoms with Crippen molar-refractivity contribution in [2.75, 3.05) is 21.2 Å². The highest BCUT2D eigenvalue weighted by atomic mass is 16.5. The third kappa shape index (κ3) is 4.94. The molecule has 1 amide bonds. The van der Waals surface area contributed by atoms with Crippen LogP contribution in [-0.4, -0.2) is 38.1 Å². The average Bonchev–Trinajstić information content (AvgIpc) is 2.64. The summed E-state index contributed by atoms with van der Waals surface area (Å²) in [6.07, 6.45) is 1.83. The maximum absolute atomic E-state index is 12.8. The SMILES string of the molecule is C=C[C@H](c1ccc(OC)cc1)[C@@H](C(=O)NCc1ccccc1)N(C)C. The van der Waals surface area contributed by atoms with Crippen molar-refractivity contribution in [2.24, 2.45) is 0 Å². The Morgan fingerprint density at radius 1 is 1.16 bits per heavy atom. The lowest BCUT2D eigenvalue weighted by Crippen LogP contribution is -2.46. The fourth-order valence-electron chi connectivity index (χ4n) is 2.88. The first-order chi connectivity index (χ1) is 12.1. The number of benzene rings is 2. The first-order valence-electron chi connectivity index (χ1n) is 8.31. The molecule has 0 saturated carbocycles. The Balaban J connectivity index is 2.15. The van der Waals surface area contributed by atoms with Gasteiger partial charge in [0.1, 0.15) is 5.75 Å². The third-order valence-electron chi connectivity index (χ3n) is 4.23. The minimum Gasteiger partial charge on any atom is -0.497 e. The van der Waals surface area contributed by atoms with Crippen LogP contribution in [0.5, 0.6) is 5.75 Å². The number of nitrogens with one attached hydrogen (secondary N) is 1. The molecule has 0 aliphatic rings. The number of nitrogens with zero attached hydrogens (tertiary/aromatic N) is 1. The van der Waals surface area contributed by atoms with Crippen LogP contribution in [0.2, 0.25) is 0 Å². The smallest absolute Gasteiger partial charge is 0.238 e. The maximum Gasteiger partial charge on any atom is 0.238 e. The second-order valence-corrected chi connectivity index (χ2v) is 6.15. The van der Waals surface area contributed by atoms with Crippen molar-refractivity contribution in [1.29, 1.82) is 0 Å². The van der Waals surface area contributed by atoms with Crippen molar-refractivity contribution in [3.8, 4) is 5.75 Å². The normalized spacial score (nSPS) is 13.1. The second kappa shape index (κ2) is 9.04. The van der Waals surface area contributed by atoms with Crippen LogP contribution in [0.1, 0.15) is 17.0 Å². The molecular weight excluding hydrogens is 312 g/mol. The molecular formula is C21H26N2O2. The number of hydrogen-bond acceptors (Lipinski definition) is 3. The number of carbonyl (C=O) groups is 1. The van der Waals surface area contributed by atoms with Gasteiger partial charge in [-0.25, -0.2) is 0 Å². The zero-order valence-corrected chi connectivity index (χ0v) is 15.1. The number of ether oxygens (including phenoxy) is 1. The molecule has 0 fully saturated rings. The van der Waals surface area contributed by atoms with Gasteiger partial charge in [0.25, 0.3) is 0 Å². The van der Waals surface area contributed by atoms with E-state index in [1.165, 1.54) is 0 Å². The third-order valence-corrected chi connectivity index (χ3v) is 4.23. The molecule has 0 spiro atoms. The predicted octanol–water partition coefficient (Wildman–Crippen LogP) is 3.21. The Bertz CT molecular complexity index is 681. The van der Waals surface area contributed by atoms with Crippen LogP contribution >= 0.6 is 0 Å². The van der Waals surface area contributed by atoms with E-state index in [9.17, 15) is 4.79 Å². The lowest BCUT2D eigenvalue weighted by Gasteiger charge is -2.30. The van der Waals surface area contributed by atoms with E-state index < -0.39 is 0 Å². The van der Waals surface area contributed by atoms with Crippen LogP contribution in [0.3, 0.4) is 0 Å². The van der Waals surface area contributed by atoms with Gasteiger partial charge in [0, 0.05) is 12.5 Å². The summed E-state index contributed by atoms with van der Waals surface area (Å²) in [6, 6.07) is 17.3. The Kier molecular flexibility index (Phi) is 6.78. The van der Waals surface area contributed by atoms with E-state index >= 15 is 0 Å². The number of carbonyl (C=O) groups excluding carboxylic acids is 1. The number of hydrogen-bond donors (Lipinski definition) is 1. The molecule has 0 bridgehead atoms. The Morgan fingerprint density at radius 2 is 1.80 bits per heavy atom. The van der Waals surface area contributed by atoms with Crippen LogP contribution in [0.15, 0.2) is 67.3 Å². The van der Waals surface area contributed by atoms with E-state index in [1.807, 2.05) is 79.7 Å². The van der Waals surface area contributed by atoms with E-state index in [4.69, 9.17) is 4.74 Å². The standard InChI is InChI=1S/C21H26N2O2/c1-5-19(17-11-13-18(25-4)14-12-17)20(23(2)3)21(24)22-15-16-9-7-6-8-10-16/h5-14,19-20H,1,15H2,2-4H3,(H,22,24)/t19-,20+/m1/s1. The van der Waals surface area contributed by atoms with Crippen molar-refractivity contribution in [3.05, 3.63) is 78.4 Å². The molecule has 0 aliphatic carbocycles. The van der Waals surface area contributed by atoms with Gasteiger partial charge >= 0.3 is 0 Å². The van der Waals surface area contributed by atoms with E-state index in [2.05, 4.69) is 11.9 Å². The van der Waals surface area contributed by atoms with Crippen LogP contribution in [0.4, 0.5) is 0 Å². The van der Waals surface area contributed by atoms with Crippen molar-refractivity contribution < 1.29 is 9.53 Å². The second-order valence-electron chi connectivity index (χ2n) is 6.15. The van der Waals surface area contributed by atoms with Crippen molar-refractivity contribution >= 4 is 5.91 Å². The number of rotatable bonds is 8. The molecule has 2 atom stereocenters.